The highest BCUT2D eigenvalue weighted by molar-refractivity contribution is 5.80. The molecule has 0 aliphatic carbocycles. The Morgan fingerprint density at radius 2 is 1.81 bits per heavy atom. The first-order valence-electron chi connectivity index (χ1n) is 13.8. The fourth-order valence-corrected chi connectivity index (χ4v) is 5.80. The molecule has 204 valence electrons. The minimum Gasteiger partial charge on any atom is -0.388 e. The van der Waals surface area contributed by atoms with Gasteiger partial charge in [0.2, 0.25) is 17.7 Å². The molecule has 3 heterocycles. The third-order valence-corrected chi connectivity index (χ3v) is 8.26. The number of β-amino-alcohol motifs (C(OH)–C–C–N with tert-alkyl or cyclic N) is 1. The van der Waals surface area contributed by atoms with Gasteiger partial charge in [-0.3, -0.25) is 19.7 Å². The fourth-order valence-electron chi connectivity index (χ4n) is 5.80. The van der Waals surface area contributed by atoms with Crippen LogP contribution >= 0.6 is 0 Å². The van der Waals surface area contributed by atoms with E-state index in [1.165, 1.54) is 12.8 Å². The lowest BCUT2D eigenvalue weighted by Gasteiger charge is -2.44. The van der Waals surface area contributed by atoms with Crippen LogP contribution in [0.2, 0.25) is 0 Å². The van der Waals surface area contributed by atoms with E-state index in [2.05, 4.69) is 17.1 Å². The molecule has 9 heteroatoms. The molecule has 3 aliphatic rings. The van der Waals surface area contributed by atoms with E-state index in [0.717, 1.165) is 25.2 Å². The normalized spacial score (nSPS) is 23.2. The molecule has 9 nitrogen and oxygen atoms in total. The summed E-state index contributed by atoms with van der Waals surface area (Å²) in [7, 11) is 0. The quantitative estimate of drug-likeness (QED) is 0.521. The Kier molecular flexibility index (Phi) is 9.21. The van der Waals surface area contributed by atoms with Crippen molar-refractivity contribution in [2.45, 2.75) is 70.1 Å². The molecule has 1 unspecified atom stereocenters. The van der Waals surface area contributed by atoms with Gasteiger partial charge in [-0.1, -0.05) is 37.3 Å². The summed E-state index contributed by atoms with van der Waals surface area (Å²) < 4.78 is 0. The van der Waals surface area contributed by atoms with Gasteiger partial charge in [-0.2, -0.15) is 0 Å². The zero-order valence-corrected chi connectivity index (χ0v) is 22.4. The number of piperidine rings is 1. The molecule has 0 spiro atoms. The van der Waals surface area contributed by atoms with E-state index in [4.69, 9.17) is 0 Å². The van der Waals surface area contributed by atoms with Crippen molar-refractivity contribution in [3.05, 3.63) is 35.9 Å². The SMILES string of the molecule is CC(=O)N(CCN1CCCC1)C1CC(=O)N(CC2(O)CCN(C(=O)C[C@@H](C)c3ccccc3)CC2)CN1. The highest BCUT2D eigenvalue weighted by atomic mass is 16.3. The van der Waals surface area contributed by atoms with Crippen LogP contribution in [0, 0.1) is 0 Å². The molecule has 2 atom stereocenters. The van der Waals surface area contributed by atoms with E-state index in [1.807, 2.05) is 35.2 Å². The maximum absolute atomic E-state index is 13.0. The number of amides is 3. The molecular formula is C28H43N5O4. The van der Waals surface area contributed by atoms with E-state index < -0.39 is 5.60 Å². The number of aliphatic hydroxyl groups is 1. The van der Waals surface area contributed by atoms with Crippen molar-refractivity contribution in [3.63, 3.8) is 0 Å². The summed E-state index contributed by atoms with van der Waals surface area (Å²) in [6.07, 6.45) is 3.64. The summed E-state index contributed by atoms with van der Waals surface area (Å²) in [5, 5.41) is 14.6. The Labute approximate surface area is 220 Å². The largest absolute Gasteiger partial charge is 0.388 e. The average molecular weight is 514 g/mol. The Morgan fingerprint density at radius 3 is 2.43 bits per heavy atom. The van der Waals surface area contributed by atoms with Crippen LogP contribution in [0.25, 0.3) is 0 Å². The first kappa shape index (κ1) is 27.5. The van der Waals surface area contributed by atoms with Gasteiger partial charge in [-0.05, 0) is 50.3 Å². The lowest BCUT2D eigenvalue weighted by Crippen LogP contribution is -2.62. The zero-order chi connectivity index (χ0) is 26.4. The first-order chi connectivity index (χ1) is 17.7. The van der Waals surface area contributed by atoms with Gasteiger partial charge in [0, 0.05) is 39.5 Å². The molecule has 3 fully saturated rings. The van der Waals surface area contributed by atoms with Gasteiger partial charge in [-0.25, -0.2) is 0 Å². The summed E-state index contributed by atoms with van der Waals surface area (Å²) in [5.74, 6) is 0.162. The lowest BCUT2D eigenvalue weighted by atomic mass is 9.89. The fraction of sp³-hybridized carbons (Fsp3) is 0.679. The van der Waals surface area contributed by atoms with E-state index in [9.17, 15) is 19.5 Å². The van der Waals surface area contributed by atoms with Crippen LogP contribution < -0.4 is 5.32 Å². The van der Waals surface area contributed by atoms with Crippen molar-refractivity contribution in [1.29, 1.82) is 0 Å². The van der Waals surface area contributed by atoms with Crippen LogP contribution in [0.1, 0.15) is 63.9 Å². The van der Waals surface area contributed by atoms with Crippen molar-refractivity contribution in [1.82, 2.24) is 24.9 Å². The van der Waals surface area contributed by atoms with Gasteiger partial charge in [-0.15, -0.1) is 0 Å². The van der Waals surface area contributed by atoms with Crippen molar-refractivity contribution in [3.8, 4) is 0 Å². The van der Waals surface area contributed by atoms with Crippen LogP contribution in [0.4, 0.5) is 0 Å². The first-order valence-corrected chi connectivity index (χ1v) is 13.8. The standard InChI is InChI=1S/C28H43N5O4/c1-22(24-8-4-3-5-9-24)18-26(35)31-14-10-28(37,11-15-31)20-32-21-29-25(19-27(32)36)33(23(2)34)17-16-30-12-6-7-13-30/h3-5,8-9,22,25,29,37H,6-7,10-21H2,1-2H3/t22-,25?/m1/s1. The van der Waals surface area contributed by atoms with Gasteiger partial charge < -0.3 is 24.7 Å². The molecule has 3 aliphatic heterocycles. The molecule has 3 amide bonds. The van der Waals surface area contributed by atoms with Gasteiger partial charge in [0.1, 0.15) is 0 Å². The van der Waals surface area contributed by atoms with Gasteiger partial charge >= 0.3 is 0 Å². The van der Waals surface area contributed by atoms with Gasteiger partial charge in [0.15, 0.2) is 0 Å². The summed E-state index contributed by atoms with van der Waals surface area (Å²) in [6, 6.07) is 10.0. The van der Waals surface area contributed by atoms with Crippen molar-refractivity contribution in [2.24, 2.45) is 0 Å². The Hall–Kier alpha value is -2.49. The Balaban J connectivity index is 1.23. The third kappa shape index (κ3) is 7.30. The van der Waals surface area contributed by atoms with E-state index in [1.54, 1.807) is 16.7 Å². The summed E-state index contributed by atoms with van der Waals surface area (Å²) in [4.78, 5) is 45.8. The lowest BCUT2D eigenvalue weighted by molar-refractivity contribution is -0.149. The van der Waals surface area contributed by atoms with Crippen LogP contribution in [0.5, 0.6) is 0 Å². The van der Waals surface area contributed by atoms with E-state index in [-0.39, 0.29) is 42.8 Å². The van der Waals surface area contributed by atoms with Gasteiger partial charge in [0.05, 0.1) is 31.4 Å². The minimum atomic E-state index is -1.01. The summed E-state index contributed by atoms with van der Waals surface area (Å²) in [6.45, 7) is 8.72. The van der Waals surface area contributed by atoms with Gasteiger partial charge in [0.25, 0.3) is 0 Å². The van der Waals surface area contributed by atoms with Crippen molar-refractivity contribution >= 4 is 17.7 Å². The number of rotatable bonds is 9. The predicted molar refractivity (Wildman–Crippen MR) is 141 cm³/mol. The second kappa shape index (κ2) is 12.4. The van der Waals surface area contributed by atoms with Crippen molar-refractivity contribution < 1.29 is 19.5 Å². The smallest absolute Gasteiger partial charge is 0.227 e. The maximum Gasteiger partial charge on any atom is 0.227 e. The molecule has 1 aromatic rings. The number of carbonyl (C=O) groups is 3. The zero-order valence-electron chi connectivity index (χ0n) is 22.4. The highest BCUT2D eigenvalue weighted by Crippen LogP contribution is 2.27. The number of likely N-dealkylation sites (tertiary alicyclic amines) is 2. The molecular weight excluding hydrogens is 470 g/mol. The van der Waals surface area contributed by atoms with Crippen molar-refractivity contribution in [2.75, 3.05) is 52.5 Å². The number of hydrogen-bond donors (Lipinski definition) is 2. The van der Waals surface area contributed by atoms with E-state index in [0.29, 0.717) is 45.6 Å². The topological polar surface area (TPSA) is 96.4 Å². The molecule has 3 saturated heterocycles. The summed E-state index contributed by atoms with van der Waals surface area (Å²) in [5.41, 5.74) is 0.139. The van der Waals surface area contributed by atoms with Crippen LogP contribution in [0.15, 0.2) is 30.3 Å². The molecule has 2 N–H and O–H groups in total. The molecule has 4 rings (SSSR count). The molecule has 0 bridgehead atoms. The number of benzene rings is 1. The minimum absolute atomic E-state index is 0.0322. The Morgan fingerprint density at radius 1 is 1.14 bits per heavy atom. The third-order valence-electron chi connectivity index (χ3n) is 8.26. The monoisotopic (exact) mass is 513 g/mol. The number of carbonyl (C=O) groups excluding carboxylic acids is 3. The molecule has 37 heavy (non-hydrogen) atoms. The number of nitrogens with one attached hydrogen (secondary N) is 1. The highest BCUT2D eigenvalue weighted by Gasteiger charge is 2.39. The molecule has 0 radical (unpaired) electrons. The number of nitrogens with zero attached hydrogens (tertiary/aromatic N) is 4. The molecule has 0 aromatic heterocycles. The van der Waals surface area contributed by atoms with E-state index >= 15 is 0 Å². The second-order valence-corrected chi connectivity index (χ2v) is 11.1. The molecule has 1 aromatic carbocycles. The van der Waals surface area contributed by atoms with Crippen LogP contribution in [0.3, 0.4) is 0 Å². The number of hydrogen-bond acceptors (Lipinski definition) is 6. The van der Waals surface area contributed by atoms with Crippen LogP contribution in [-0.4, -0.2) is 107 Å². The maximum atomic E-state index is 13.0. The second-order valence-electron chi connectivity index (χ2n) is 11.1. The van der Waals surface area contributed by atoms with Crippen LogP contribution in [-0.2, 0) is 14.4 Å². The summed E-state index contributed by atoms with van der Waals surface area (Å²) >= 11 is 0. The average Bonchev–Trinajstić information content (AvgIpc) is 3.40. The Bertz CT molecular complexity index is 928. The predicted octanol–water partition coefficient (Wildman–Crippen LogP) is 1.58. The molecule has 0 saturated carbocycles.